The molecule has 0 aliphatic carbocycles. The predicted molar refractivity (Wildman–Crippen MR) is 89.2 cm³/mol. The van der Waals surface area contributed by atoms with E-state index in [9.17, 15) is 9.90 Å². The Labute approximate surface area is 193 Å². The molecule has 1 heterocycles. The van der Waals surface area contributed by atoms with Crippen LogP contribution in [0.2, 0.25) is 10.0 Å². The average molecular weight is 435 g/mol. The van der Waals surface area contributed by atoms with Gasteiger partial charge in [-0.25, -0.2) is 4.98 Å². The average Bonchev–Trinajstić information content (AvgIpc) is 2.48. The molecule has 0 amide bonds. The van der Waals surface area contributed by atoms with Gasteiger partial charge in [-0.3, -0.25) is 0 Å². The summed E-state index contributed by atoms with van der Waals surface area (Å²) in [5, 5.41) is 12.9. The first kappa shape index (κ1) is 19.3. The van der Waals surface area contributed by atoms with E-state index in [2.05, 4.69) is 20.9 Å². The van der Waals surface area contributed by atoms with Crippen LogP contribution in [-0.4, -0.2) is 11.0 Å². The number of carbonyl (C=O) groups excluding carboxylic acids is 1. The van der Waals surface area contributed by atoms with Crippen molar-refractivity contribution in [1.82, 2.24) is 4.98 Å². The van der Waals surface area contributed by atoms with Crippen molar-refractivity contribution in [2.24, 2.45) is 0 Å². The van der Waals surface area contributed by atoms with Gasteiger partial charge in [-0.2, -0.15) is 0 Å². The molecule has 0 aliphatic heterocycles. The number of aromatic nitrogens is 1. The topological polar surface area (TPSA) is 53.0 Å². The Morgan fingerprint density at radius 2 is 1.83 bits per heavy atom. The first-order valence-corrected chi connectivity index (χ1v) is 7.77. The molecule has 1 aromatic heterocycles. The number of rotatable bonds is 2. The molecule has 0 atom stereocenters. The third-order valence-corrected chi connectivity index (χ3v) is 4.25. The summed E-state index contributed by atoms with van der Waals surface area (Å²) in [6, 6.07) is 11.6. The summed E-state index contributed by atoms with van der Waals surface area (Å²) in [6.07, 6.45) is 0. The molecule has 0 bridgehead atoms. The summed E-state index contributed by atoms with van der Waals surface area (Å²) >= 11 is 15.5. The standard InChI is InChI=1S/C16H8BrCl2NO2.K/c17-8-1-3-10-11(16(21)22)7-15(20-14(10)5-8)12-6-9(18)2-4-13(12)19;/h1-7H,(H,21,22);/q;+1/p-1. The SMILES string of the molecule is O=C([O-])c1cc(-c2cc(Cl)ccc2Cl)nc2cc(Br)ccc12.[K+]. The van der Waals surface area contributed by atoms with Gasteiger partial charge in [0.25, 0.3) is 0 Å². The second kappa shape index (κ2) is 7.93. The number of pyridine rings is 1. The van der Waals surface area contributed by atoms with Crippen molar-refractivity contribution >= 4 is 56.0 Å². The second-order valence-corrected chi connectivity index (χ2v) is 6.39. The molecule has 0 radical (unpaired) electrons. The molecule has 7 heteroatoms. The molecule has 0 saturated carbocycles. The maximum absolute atomic E-state index is 11.4. The Bertz CT molecular complexity index is 918. The van der Waals surface area contributed by atoms with Gasteiger partial charge in [0.2, 0.25) is 0 Å². The van der Waals surface area contributed by atoms with Crippen LogP contribution in [0.3, 0.4) is 0 Å². The molecule has 23 heavy (non-hydrogen) atoms. The molecule has 0 N–H and O–H groups in total. The fourth-order valence-corrected chi connectivity index (χ4v) is 2.94. The molecular formula is C16H7BrCl2KNO2. The molecule has 3 aromatic rings. The number of benzene rings is 2. The largest absolute Gasteiger partial charge is 1.00 e. The maximum atomic E-state index is 11.4. The Balaban J connectivity index is 0.00000192. The fourth-order valence-electron chi connectivity index (χ4n) is 2.20. The van der Waals surface area contributed by atoms with Crippen molar-refractivity contribution in [1.29, 1.82) is 0 Å². The zero-order valence-corrected chi connectivity index (χ0v) is 18.2. The van der Waals surface area contributed by atoms with Crippen molar-refractivity contribution in [2.75, 3.05) is 0 Å². The maximum Gasteiger partial charge on any atom is 1.00 e. The van der Waals surface area contributed by atoms with E-state index in [0.717, 1.165) is 4.47 Å². The summed E-state index contributed by atoms with van der Waals surface area (Å²) < 4.78 is 0.797. The molecule has 0 spiro atoms. The molecule has 110 valence electrons. The number of nitrogens with zero attached hydrogens (tertiary/aromatic N) is 1. The van der Waals surface area contributed by atoms with Gasteiger partial charge in [0.15, 0.2) is 0 Å². The van der Waals surface area contributed by atoms with Gasteiger partial charge in [-0.15, -0.1) is 0 Å². The third kappa shape index (κ3) is 4.17. The molecule has 0 saturated heterocycles. The van der Waals surface area contributed by atoms with Crippen LogP contribution in [0, 0.1) is 0 Å². The van der Waals surface area contributed by atoms with Crippen molar-refractivity contribution in [3.05, 3.63) is 62.5 Å². The minimum Gasteiger partial charge on any atom is -0.545 e. The van der Waals surface area contributed by atoms with Crippen LogP contribution in [-0.2, 0) is 0 Å². The van der Waals surface area contributed by atoms with Crippen molar-refractivity contribution in [3.63, 3.8) is 0 Å². The summed E-state index contributed by atoms with van der Waals surface area (Å²) in [7, 11) is 0. The van der Waals surface area contributed by atoms with E-state index < -0.39 is 5.97 Å². The van der Waals surface area contributed by atoms with Gasteiger partial charge in [0.1, 0.15) is 0 Å². The van der Waals surface area contributed by atoms with Crippen molar-refractivity contribution in [3.8, 4) is 11.3 Å². The Hall–Kier alpha value is 0.0164. The van der Waals surface area contributed by atoms with Crippen LogP contribution in [0.1, 0.15) is 10.4 Å². The van der Waals surface area contributed by atoms with E-state index in [1.807, 2.05) is 0 Å². The quantitative estimate of drug-likeness (QED) is 0.572. The minimum atomic E-state index is -1.27. The number of hydrogen-bond acceptors (Lipinski definition) is 3. The molecule has 0 fully saturated rings. The van der Waals surface area contributed by atoms with Gasteiger partial charge in [-0.05, 0) is 36.4 Å². The zero-order chi connectivity index (χ0) is 15.9. The molecular weight excluding hydrogens is 428 g/mol. The normalized spacial score (nSPS) is 10.4. The van der Waals surface area contributed by atoms with E-state index >= 15 is 0 Å². The van der Waals surface area contributed by atoms with Crippen LogP contribution in [0.4, 0.5) is 0 Å². The first-order valence-electron chi connectivity index (χ1n) is 6.23. The summed E-state index contributed by atoms with van der Waals surface area (Å²) in [5.74, 6) is -1.27. The monoisotopic (exact) mass is 433 g/mol. The van der Waals surface area contributed by atoms with E-state index in [1.165, 1.54) is 6.07 Å². The van der Waals surface area contributed by atoms with E-state index in [-0.39, 0.29) is 56.9 Å². The zero-order valence-electron chi connectivity index (χ0n) is 11.9. The van der Waals surface area contributed by atoms with Gasteiger partial charge >= 0.3 is 51.4 Å². The Kier molecular flexibility index (Phi) is 6.67. The summed E-state index contributed by atoms with van der Waals surface area (Å²) in [4.78, 5) is 15.9. The number of fused-ring (bicyclic) bond motifs is 1. The molecule has 0 aliphatic rings. The van der Waals surface area contributed by atoms with E-state index in [1.54, 1.807) is 36.4 Å². The number of carboxylic acid groups (broad SMARTS) is 1. The van der Waals surface area contributed by atoms with Gasteiger partial charge in [-0.1, -0.05) is 45.2 Å². The van der Waals surface area contributed by atoms with Crippen molar-refractivity contribution in [2.45, 2.75) is 0 Å². The second-order valence-electron chi connectivity index (χ2n) is 4.63. The summed E-state index contributed by atoms with van der Waals surface area (Å²) in [6.45, 7) is 0. The van der Waals surface area contributed by atoms with Crippen LogP contribution in [0.25, 0.3) is 22.2 Å². The first-order chi connectivity index (χ1) is 10.5. The Morgan fingerprint density at radius 3 is 2.52 bits per heavy atom. The molecule has 3 nitrogen and oxygen atoms in total. The number of carbonyl (C=O) groups is 1. The number of halogens is 3. The van der Waals surface area contributed by atoms with Gasteiger partial charge < -0.3 is 9.90 Å². The third-order valence-electron chi connectivity index (χ3n) is 3.20. The van der Waals surface area contributed by atoms with Crippen LogP contribution in [0.5, 0.6) is 0 Å². The molecule has 2 aromatic carbocycles. The number of aromatic carboxylic acids is 1. The van der Waals surface area contributed by atoms with Crippen LogP contribution >= 0.6 is 39.1 Å². The van der Waals surface area contributed by atoms with Crippen LogP contribution < -0.4 is 56.5 Å². The molecule has 0 unspecified atom stereocenters. The Morgan fingerprint density at radius 1 is 1.09 bits per heavy atom. The number of carboxylic acids is 1. The smallest absolute Gasteiger partial charge is 0.545 e. The van der Waals surface area contributed by atoms with E-state index in [0.29, 0.717) is 32.2 Å². The number of hydrogen-bond donors (Lipinski definition) is 0. The van der Waals surface area contributed by atoms with Gasteiger partial charge in [0.05, 0.1) is 22.2 Å². The van der Waals surface area contributed by atoms with Crippen LogP contribution in [0.15, 0.2) is 46.9 Å². The van der Waals surface area contributed by atoms with Gasteiger partial charge in [0, 0.05) is 26.0 Å². The predicted octanol–water partition coefficient (Wildman–Crippen LogP) is 1.34. The minimum absolute atomic E-state index is 0. The molecule has 3 rings (SSSR count). The fraction of sp³-hybridized carbons (Fsp3) is 0. The van der Waals surface area contributed by atoms with E-state index in [4.69, 9.17) is 23.2 Å². The summed E-state index contributed by atoms with van der Waals surface area (Å²) in [5.41, 5.74) is 1.58. The van der Waals surface area contributed by atoms with Crippen molar-refractivity contribution < 1.29 is 61.3 Å².